The Bertz CT molecular complexity index is 541. The molecule has 3 rings (SSSR count). The molecule has 0 radical (unpaired) electrons. The van der Waals surface area contributed by atoms with Crippen LogP contribution in [0.1, 0.15) is 24.8 Å². The fraction of sp³-hybridized carbons (Fsp3) is 0.471. The standard InChI is InChI=1S/C17H23N3/c1-2-7-17-16(6-1)15(8-10-19-17)14-18-9-5-13-20-11-3-4-12-20/h1-2,6-8,10,18H,3-5,9,11-14H2. The van der Waals surface area contributed by atoms with Crippen LogP contribution in [-0.2, 0) is 6.54 Å². The first-order valence-corrected chi connectivity index (χ1v) is 7.69. The summed E-state index contributed by atoms with van der Waals surface area (Å²) in [6, 6.07) is 10.5. The summed E-state index contributed by atoms with van der Waals surface area (Å²) in [7, 11) is 0. The highest BCUT2D eigenvalue weighted by Gasteiger charge is 2.09. The molecule has 0 amide bonds. The number of hydrogen-bond donors (Lipinski definition) is 1. The Hall–Kier alpha value is -1.45. The molecule has 0 bridgehead atoms. The van der Waals surface area contributed by atoms with Crippen molar-refractivity contribution in [1.29, 1.82) is 0 Å². The van der Waals surface area contributed by atoms with Gasteiger partial charge in [0.15, 0.2) is 0 Å². The Kier molecular flexibility index (Phi) is 4.61. The Morgan fingerprint density at radius 3 is 2.85 bits per heavy atom. The molecule has 0 aliphatic carbocycles. The highest BCUT2D eigenvalue weighted by Crippen LogP contribution is 2.15. The Morgan fingerprint density at radius 2 is 1.95 bits per heavy atom. The molecular weight excluding hydrogens is 246 g/mol. The van der Waals surface area contributed by atoms with Gasteiger partial charge in [0.05, 0.1) is 5.52 Å². The van der Waals surface area contributed by atoms with Crippen molar-refractivity contribution in [3.8, 4) is 0 Å². The van der Waals surface area contributed by atoms with Gasteiger partial charge in [-0.2, -0.15) is 0 Å². The molecule has 1 aromatic heterocycles. The van der Waals surface area contributed by atoms with Gasteiger partial charge in [-0.25, -0.2) is 0 Å². The zero-order valence-electron chi connectivity index (χ0n) is 12.0. The molecule has 0 spiro atoms. The van der Waals surface area contributed by atoms with E-state index in [9.17, 15) is 0 Å². The third-order valence-corrected chi connectivity index (χ3v) is 4.08. The minimum Gasteiger partial charge on any atom is -0.313 e. The van der Waals surface area contributed by atoms with Crippen LogP contribution in [0, 0.1) is 0 Å². The number of hydrogen-bond acceptors (Lipinski definition) is 3. The Labute approximate surface area is 121 Å². The molecule has 0 saturated carbocycles. The lowest BCUT2D eigenvalue weighted by atomic mass is 10.1. The van der Waals surface area contributed by atoms with Crippen LogP contribution in [0.25, 0.3) is 10.9 Å². The van der Waals surface area contributed by atoms with Crippen molar-refractivity contribution < 1.29 is 0 Å². The maximum absolute atomic E-state index is 4.40. The number of nitrogens with one attached hydrogen (secondary N) is 1. The van der Waals surface area contributed by atoms with Crippen molar-refractivity contribution in [1.82, 2.24) is 15.2 Å². The normalized spacial score (nSPS) is 16.0. The average molecular weight is 269 g/mol. The second-order valence-corrected chi connectivity index (χ2v) is 5.57. The van der Waals surface area contributed by atoms with Crippen molar-refractivity contribution >= 4 is 10.9 Å². The molecule has 1 aliphatic rings. The van der Waals surface area contributed by atoms with E-state index >= 15 is 0 Å². The second kappa shape index (κ2) is 6.82. The van der Waals surface area contributed by atoms with Gasteiger partial charge < -0.3 is 10.2 Å². The lowest BCUT2D eigenvalue weighted by molar-refractivity contribution is 0.331. The van der Waals surface area contributed by atoms with E-state index in [2.05, 4.69) is 39.5 Å². The van der Waals surface area contributed by atoms with Crippen LogP contribution >= 0.6 is 0 Å². The van der Waals surface area contributed by atoms with Gasteiger partial charge in [0.1, 0.15) is 0 Å². The largest absolute Gasteiger partial charge is 0.313 e. The first-order valence-electron chi connectivity index (χ1n) is 7.69. The van der Waals surface area contributed by atoms with E-state index in [0.717, 1.165) is 18.6 Å². The fourth-order valence-electron chi connectivity index (χ4n) is 2.97. The predicted molar refractivity (Wildman–Crippen MR) is 83.7 cm³/mol. The number of nitrogens with zero attached hydrogens (tertiary/aromatic N) is 2. The first kappa shape index (κ1) is 13.5. The average Bonchev–Trinajstić information content (AvgIpc) is 3.00. The van der Waals surface area contributed by atoms with Crippen molar-refractivity contribution in [2.45, 2.75) is 25.8 Å². The van der Waals surface area contributed by atoms with Crippen molar-refractivity contribution in [3.63, 3.8) is 0 Å². The van der Waals surface area contributed by atoms with Crippen molar-refractivity contribution in [3.05, 3.63) is 42.1 Å². The lowest BCUT2D eigenvalue weighted by Crippen LogP contribution is -2.24. The highest BCUT2D eigenvalue weighted by molar-refractivity contribution is 5.81. The number of rotatable bonds is 6. The third-order valence-electron chi connectivity index (χ3n) is 4.08. The first-order chi connectivity index (χ1) is 9.93. The van der Waals surface area contributed by atoms with E-state index in [-0.39, 0.29) is 0 Å². The molecule has 3 heteroatoms. The maximum Gasteiger partial charge on any atom is 0.0705 e. The van der Waals surface area contributed by atoms with Gasteiger partial charge in [-0.05, 0) is 63.1 Å². The number of para-hydroxylation sites is 1. The summed E-state index contributed by atoms with van der Waals surface area (Å²) in [6.07, 6.45) is 5.92. The Morgan fingerprint density at radius 1 is 1.10 bits per heavy atom. The topological polar surface area (TPSA) is 28.2 Å². The molecule has 20 heavy (non-hydrogen) atoms. The smallest absolute Gasteiger partial charge is 0.0705 e. The van der Waals surface area contributed by atoms with Gasteiger partial charge >= 0.3 is 0 Å². The lowest BCUT2D eigenvalue weighted by Gasteiger charge is -2.14. The zero-order valence-corrected chi connectivity index (χ0v) is 12.0. The van der Waals surface area contributed by atoms with Crippen molar-refractivity contribution in [2.75, 3.05) is 26.2 Å². The number of fused-ring (bicyclic) bond motifs is 1. The molecule has 1 N–H and O–H groups in total. The molecule has 0 atom stereocenters. The number of benzene rings is 1. The van der Waals surface area contributed by atoms with E-state index in [1.54, 1.807) is 0 Å². The summed E-state index contributed by atoms with van der Waals surface area (Å²) in [5.74, 6) is 0. The quantitative estimate of drug-likeness (QED) is 0.817. The van der Waals surface area contributed by atoms with Gasteiger partial charge in [-0.3, -0.25) is 4.98 Å². The number of aromatic nitrogens is 1. The maximum atomic E-state index is 4.40. The molecule has 0 unspecified atom stereocenters. The predicted octanol–water partition coefficient (Wildman–Crippen LogP) is 2.81. The van der Waals surface area contributed by atoms with Gasteiger partial charge in [0.2, 0.25) is 0 Å². The van der Waals surface area contributed by atoms with E-state index in [0.29, 0.717) is 0 Å². The van der Waals surface area contributed by atoms with Gasteiger partial charge in [0.25, 0.3) is 0 Å². The molecule has 2 aromatic rings. The zero-order chi connectivity index (χ0) is 13.6. The van der Waals surface area contributed by atoms with Crippen LogP contribution in [0.15, 0.2) is 36.5 Å². The van der Waals surface area contributed by atoms with Gasteiger partial charge in [-0.15, -0.1) is 0 Å². The minimum absolute atomic E-state index is 0.934. The Balaban J connectivity index is 1.47. The van der Waals surface area contributed by atoms with Crippen LogP contribution in [0.4, 0.5) is 0 Å². The molecular formula is C17H23N3. The molecule has 3 nitrogen and oxygen atoms in total. The fourth-order valence-corrected chi connectivity index (χ4v) is 2.97. The molecule has 1 saturated heterocycles. The SMILES string of the molecule is c1ccc2c(CNCCCN3CCCC3)ccnc2c1. The summed E-state index contributed by atoms with van der Waals surface area (Å²) < 4.78 is 0. The van der Waals surface area contributed by atoms with E-state index in [1.165, 1.54) is 49.8 Å². The van der Waals surface area contributed by atoms with E-state index in [4.69, 9.17) is 0 Å². The van der Waals surface area contributed by atoms with Gasteiger partial charge in [0, 0.05) is 18.1 Å². The highest BCUT2D eigenvalue weighted by atomic mass is 15.1. The molecule has 1 aliphatic heterocycles. The van der Waals surface area contributed by atoms with E-state index in [1.807, 2.05) is 12.3 Å². The van der Waals surface area contributed by atoms with E-state index < -0.39 is 0 Å². The molecule has 1 aromatic carbocycles. The molecule has 1 fully saturated rings. The number of likely N-dealkylation sites (tertiary alicyclic amines) is 1. The van der Waals surface area contributed by atoms with Crippen molar-refractivity contribution in [2.24, 2.45) is 0 Å². The molecule has 2 heterocycles. The number of pyridine rings is 1. The summed E-state index contributed by atoms with van der Waals surface area (Å²) in [4.78, 5) is 6.98. The summed E-state index contributed by atoms with van der Waals surface area (Å²) in [6.45, 7) is 5.87. The second-order valence-electron chi connectivity index (χ2n) is 5.57. The van der Waals surface area contributed by atoms with Gasteiger partial charge in [-0.1, -0.05) is 18.2 Å². The molecule has 106 valence electrons. The van der Waals surface area contributed by atoms with Crippen LogP contribution in [-0.4, -0.2) is 36.1 Å². The van der Waals surface area contributed by atoms with Crippen LogP contribution < -0.4 is 5.32 Å². The van der Waals surface area contributed by atoms with Crippen LogP contribution in [0.5, 0.6) is 0 Å². The minimum atomic E-state index is 0.934. The monoisotopic (exact) mass is 269 g/mol. The van der Waals surface area contributed by atoms with Crippen LogP contribution in [0.3, 0.4) is 0 Å². The summed E-state index contributed by atoms with van der Waals surface area (Å²) in [5, 5.41) is 4.83. The van der Waals surface area contributed by atoms with Crippen LogP contribution in [0.2, 0.25) is 0 Å². The summed E-state index contributed by atoms with van der Waals surface area (Å²) >= 11 is 0. The third kappa shape index (κ3) is 3.35. The summed E-state index contributed by atoms with van der Waals surface area (Å²) in [5.41, 5.74) is 2.43.